The molecule has 2 amide bonds. The zero-order valence-electron chi connectivity index (χ0n) is 12.0. The molecule has 0 unspecified atom stereocenters. The number of rotatable bonds is 5. The lowest BCUT2D eigenvalue weighted by molar-refractivity contribution is 0.178. The van der Waals surface area contributed by atoms with Crippen molar-refractivity contribution in [1.29, 1.82) is 0 Å². The van der Waals surface area contributed by atoms with Crippen LogP contribution >= 0.6 is 15.9 Å². The van der Waals surface area contributed by atoms with Crippen LogP contribution in [0, 0.1) is 0 Å². The van der Waals surface area contributed by atoms with Gasteiger partial charge in [-0.25, -0.2) is 10.2 Å². The molecule has 0 fully saturated rings. The molecule has 0 bridgehead atoms. The fraction of sp³-hybridized carbons (Fsp3) is 0.125. The standard InChI is InChI=1S/C16H16BrN3O2/c1-2-15(12-6-4-3-5-7-12)18-19-16(21)20-22-14-10-8-13(17)9-11-14/h3-11H,2H2,1H3,(H2,19,20,21). The summed E-state index contributed by atoms with van der Waals surface area (Å²) in [7, 11) is 0. The van der Waals surface area contributed by atoms with E-state index in [0.29, 0.717) is 12.2 Å². The maximum Gasteiger partial charge on any atom is 0.368 e. The molecule has 0 heterocycles. The van der Waals surface area contributed by atoms with E-state index in [0.717, 1.165) is 15.7 Å². The molecule has 114 valence electrons. The van der Waals surface area contributed by atoms with E-state index in [1.165, 1.54) is 0 Å². The Labute approximate surface area is 137 Å². The summed E-state index contributed by atoms with van der Waals surface area (Å²) >= 11 is 3.32. The Morgan fingerprint density at radius 2 is 1.82 bits per heavy atom. The van der Waals surface area contributed by atoms with Gasteiger partial charge in [0, 0.05) is 4.47 Å². The number of carbonyl (C=O) groups excluding carboxylic acids is 1. The third-order valence-electron chi connectivity index (χ3n) is 2.81. The van der Waals surface area contributed by atoms with E-state index in [1.807, 2.05) is 49.4 Å². The Morgan fingerprint density at radius 1 is 1.14 bits per heavy atom. The Kier molecular flexibility index (Phi) is 5.97. The Morgan fingerprint density at radius 3 is 2.45 bits per heavy atom. The normalized spacial score (nSPS) is 10.9. The lowest BCUT2D eigenvalue weighted by atomic mass is 10.1. The molecule has 2 rings (SSSR count). The molecule has 2 aromatic carbocycles. The highest BCUT2D eigenvalue weighted by atomic mass is 79.9. The molecule has 0 atom stereocenters. The summed E-state index contributed by atoms with van der Waals surface area (Å²) in [6.45, 7) is 1.98. The van der Waals surface area contributed by atoms with Crippen molar-refractivity contribution < 1.29 is 9.63 Å². The Balaban J connectivity index is 1.88. The maximum atomic E-state index is 11.7. The first-order valence-corrected chi connectivity index (χ1v) is 7.58. The largest absolute Gasteiger partial charge is 0.378 e. The molecule has 0 saturated heterocycles. The summed E-state index contributed by atoms with van der Waals surface area (Å²) < 4.78 is 0.935. The van der Waals surface area contributed by atoms with Crippen molar-refractivity contribution in [2.75, 3.05) is 0 Å². The third-order valence-corrected chi connectivity index (χ3v) is 3.34. The molecular weight excluding hydrogens is 346 g/mol. The second kappa shape index (κ2) is 8.19. The molecule has 22 heavy (non-hydrogen) atoms. The second-order valence-corrected chi connectivity index (χ2v) is 5.29. The van der Waals surface area contributed by atoms with Gasteiger partial charge in [0.05, 0.1) is 5.71 Å². The van der Waals surface area contributed by atoms with Crippen molar-refractivity contribution in [2.45, 2.75) is 13.3 Å². The van der Waals surface area contributed by atoms with Gasteiger partial charge in [-0.2, -0.15) is 10.6 Å². The summed E-state index contributed by atoms with van der Waals surface area (Å²) in [5.41, 5.74) is 6.46. The predicted molar refractivity (Wildman–Crippen MR) is 89.7 cm³/mol. The van der Waals surface area contributed by atoms with E-state index in [1.54, 1.807) is 12.1 Å². The van der Waals surface area contributed by atoms with Gasteiger partial charge in [0.2, 0.25) is 0 Å². The van der Waals surface area contributed by atoms with Crippen LogP contribution in [-0.2, 0) is 0 Å². The highest BCUT2D eigenvalue weighted by molar-refractivity contribution is 9.10. The van der Waals surface area contributed by atoms with Crippen LogP contribution in [-0.4, -0.2) is 11.7 Å². The number of halogens is 1. The van der Waals surface area contributed by atoms with Gasteiger partial charge in [-0.1, -0.05) is 53.2 Å². The molecule has 2 aromatic rings. The third kappa shape index (κ3) is 4.89. The van der Waals surface area contributed by atoms with Crippen LogP contribution in [0.3, 0.4) is 0 Å². The molecule has 0 aliphatic heterocycles. The van der Waals surface area contributed by atoms with Gasteiger partial charge < -0.3 is 4.84 Å². The van der Waals surface area contributed by atoms with Crippen molar-refractivity contribution in [2.24, 2.45) is 5.10 Å². The maximum absolute atomic E-state index is 11.7. The minimum Gasteiger partial charge on any atom is -0.378 e. The van der Waals surface area contributed by atoms with Crippen LogP contribution in [0.15, 0.2) is 64.2 Å². The number of hydroxylamine groups is 1. The first-order valence-electron chi connectivity index (χ1n) is 6.79. The number of nitrogens with one attached hydrogen (secondary N) is 2. The quantitative estimate of drug-likeness (QED) is 0.627. The van der Waals surface area contributed by atoms with Crippen molar-refractivity contribution in [3.05, 3.63) is 64.6 Å². The summed E-state index contributed by atoms with van der Waals surface area (Å²) in [5, 5.41) is 4.11. The van der Waals surface area contributed by atoms with Crippen molar-refractivity contribution in [1.82, 2.24) is 10.9 Å². The van der Waals surface area contributed by atoms with Gasteiger partial charge in [0.15, 0.2) is 5.75 Å². The number of amides is 2. The van der Waals surface area contributed by atoms with Crippen LogP contribution in [0.1, 0.15) is 18.9 Å². The lowest BCUT2D eigenvalue weighted by Gasteiger charge is -2.08. The topological polar surface area (TPSA) is 62.7 Å². The molecule has 0 aliphatic rings. The van der Waals surface area contributed by atoms with Crippen molar-refractivity contribution >= 4 is 27.7 Å². The fourth-order valence-electron chi connectivity index (χ4n) is 1.73. The number of carbonyl (C=O) groups is 1. The summed E-state index contributed by atoms with van der Waals surface area (Å²) in [6, 6.07) is 16.2. The fourth-order valence-corrected chi connectivity index (χ4v) is 1.99. The smallest absolute Gasteiger partial charge is 0.368 e. The molecule has 0 spiro atoms. The zero-order valence-corrected chi connectivity index (χ0v) is 13.6. The second-order valence-electron chi connectivity index (χ2n) is 4.38. The minimum absolute atomic E-state index is 0.529. The van der Waals surface area contributed by atoms with E-state index in [4.69, 9.17) is 4.84 Å². The summed E-state index contributed by atoms with van der Waals surface area (Å²) in [5.74, 6) is 0.529. The van der Waals surface area contributed by atoms with Crippen LogP contribution in [0.2, 0.25) is 0 Å². The zero-order chi connectivity index (χ0) is 15.8. The van der Waals surface area contributed by atoms with Crippen molar-refractivity contribution in [3.8, 4) is 5.75 Å². The molecule has 0 aromatic heterocycles. The Bertz CT molecular complexity index is 642. The number of hydrogen-bond acceptors (Lipinski definition) is 3. The van der Waals surface area contributed by atoms with E-state index in [9.17, 15) is 4.79 Å². The van der Waals surface area contributed by atoms with Crippen LogP contribution in [0.4, 0.5) is 4.79 Å². The molecule has 0 radical (unpaired) electrons. The number of urea groups is 1. The van der Waals surface area contributed by atoms with Gasteiger partial charge in [0.1, 0.15) is 0 Å². The molecule has 0 saturated carbocycles. The van der Waals surface area contributed by atoms with Crippen molar-refractivity contribution in [3.63, 3.8) is 0 Å². The highest BCUT2D eigenvalue weighted by Crippen LogP contribution is 2.15. The first-order chi connectivity index (χ1) is 10.7. The number of nitrogens with zero attached hydrogens (tertiary/aromatic N) is 1. The number of hydrazone groups is 1. The first kappa shape index (κ1) is 16.0. The number of benzene rings is 2. The van der Waals surface area contributed by atoms with E-state index >= 15 is 0 Å². The van der Waals surface area contributed by atoms with Crippen LogP contribution in [0.5, 0.6) is 5.75 Å². The number of hydrogen-bond donors (Lipinski definition) is 2. The van der Waals surface area contributed by atoms with E-state index in [-0.39, 0.29) is 0 Å². The van der Waals surface area contributed by atoms with Gasteiger partial charge in [-0.3, -0.25) is 0 Å². The lowest BCUT2D eigenvalue weighted by Crippen LogP contribution is -2.35. The summed E-state index contributed by atoms with van der Waals surface area (Å²) in [4.78, 5) is 16.8. The predicted octanol–water partition coefficient (Wildman–Crippen LogP) is 3.86. The average molecular weight is 362 g/mol. The van der Waals surface area contributed by atoms with E-state index in [2.05, 4.69) is 31.9 Å². The molecule has 6 heteroatoms. The van der Waals surface area contributed by atoms with Gasteiger partial charge >= 0.3 is 6.03 Å². The molecule has 5 nitrogen and oxygen atoms in total. The van der Waals surface area contributed by atoms with E-state index < -0.39 is 6.03 Å². The summed E-state index contributed by atoms with van der Waals surface area (Å²) in [6.07, 6.45) is 0.706. The van der Waals surface area contributed by atoms with Gasteiger partial charge in [-0.15, -0.1) is 0 Å². The molecule has 0 aliphatic carbocycles. The van der Waals surface area contributed by atoms with Crippen LogP contribution < -0.4 is 15.7 Å². The Hall–Kier alpha value is -2.34. The molecule has 2 N–H and O–H groups in total. The van der Waals surface area contributed by atoms with Crippen LogP contribution in [0.25, 0.3) is 0 Å². The SMILES string of the molecule is CCC(=NNC(=O)NOc1ccc(Br)cc1)c1ccccc1. The van der Waals surface area contributed by atoms with Gasteiger partial charge in [-0.05, 0) is 36.2 Å². The highest BCUT2D eigenvalue weighted by Gasteiger charge is 2.03. The average Bonchev–Trinajstić information content (AvgIpc) is 2.56. The monoisotopic (exact) mass is 361 g/mol. The minimum atomic E-state index is -0.537. The van der Waals surface area contributed by atoms with Gasteiger partial charge in [0.25, 0.3) is 0 Å². The molecular formula is C16H16BrN3O2.